The van der Waals surface area contributed by atoms with E-state index in [-0.39, 0.29) is 10.8 Å². The van der Waals surface area contributed by atoms with Crippen LogP contribution in [0, 0.1) is 12.8 Å². The lowest BCUT2D eigenvalue weighted by Gasteiger charge is -2.03. The van der Waals surface area contributed by atoms with Gasteiger partial charge in [-0.15, -0.1) is 0 Å². The summed E-state index contributed by atoms with van der Waals surface area (Å²) in [5.41, 5.74) is 1.02. The third-order valence-electron chi connectivity index (χ3n) is 1.88. The van der Waals surface area contributed by atoms with Crippen molar-refractivity contribution in [1.29, 1.82) is 0 Å². The van der Waals surface area contributed by atoms with E-state index in [1.807, 2.05) is 20.8 Å². The molecule has 88 valence electrons. The Labute approximate surface area is 96.4 Å². The second kappa shape index (κ2) is 5.12. The molecular weight excluding hydrogens is 224 g/mol. The molecule has 0 aromatic heterocycles. The zero-order valence-electron chi connectivity index (χ0n) is 9.64. The smallest absolute Gasteiger partial charge is 0.200 e. The summed E-state index contributed by atoms with van der Waals surface area (Å²) in [7, 11) is -3.52. The van der Waals surface area contributed by atoms with Crippen LogP contribution >= 0.6 is 0 Å². The Kier molecular flexibility index (Phi) is 4.06. The van der Waals surface area contributed by atoms with E-state index in [1.54, 1.807) is 30.5 Å². The van der Waals surface area contributed by atoms with Crippen molar-refractivity contribution >= 4 is 16.2 Å². The highest BCUT2D eigenvalue weighted by molar-refractivity contribution is 7.89. The van der Waals surface area contributed by atoms with E-state index in [0.29, 0.717) is 0 Å². The number of hydrogen-bond acceptors (Lipinski definition) is 3. The fraction of sp³-hybridized carbons (Fsp3) is 0.364. The summed E-state index contributed by atoms with van der Waals surface area (Å²) in [5.74, 6) is 0.209. The highest BCUT2D eigenvalue weighted by Gasteiger charge is 2.11. The Morgan fingerprint density at radius 2 is 1.81 bits per heavy atom. The van der Waals surface area contributed by atoms with Crippen LogP contribution in [0.25, 0.3) is 0 Å². The van der Waals surface area contributed by atoms with Crippen LogP contribution in [0.3, 0.4) is 0 Å². The number of nitrogens with zero attached hydrogens (tertiary/aromatic N) is 1. The summed E-state index contributed by atoms with van der Waals surface area (Å²) in [6.07, 6.45) is 1.55. The van der Waals surface area contributed by atoms with Crippen molar-refractivity contribution in [2.75, 3.05) is 0 Å². The fourth-order valence-electron chi connectivity index (χ4n) is 1.02. The average molecular weight is 240 g/mol. The van der Waals surface area contributed by atoms with Crippen molar-refractivity contribution in [3.63, 3.8) is 0 Å². The zero-order chi connectivity index (χ0) is 12.2. The van der Waals surface area contributed by atoms with Gasteiger partial charge in [-0.25, -0.2) is 4.83 Å². The summed E-state index contributed by atoms with van der Waals surface area (Å²) in [6, 6.07) is 6.62. The van der Waals surface area contributed by atoms with Gasteiger partial charge in [0.05, 0.1) is 4.90 Å². The topological polar surface area (TPSA) is 58.5 Å². The van der Waals surface area contributed by atoms with Crippen LogP contribution in [-0.4, -0.2) is 14.6 Å². The van der Waals surface area contributed by atoms with E-state index < -0.39 is 10.0 Å². The molecule has 1 aromatic rings. The van der Waals surface area contributed by atoms with Crippen molar-refractivity contribution in [3.05, 3.63) is 29.8 Å². The summed E-state index contributed by atoms with van der Waals surface area (Å²) in [4.78, 5) is 2.39. The summed E-state index contributed by atoms with van der Waals surface area (Å²) < 4.78 is 23.4. The number of benzene rings is 1. The molecule has 1 rings (SSSR count). The lowest BCUT2D eigenvalue weighted by atomic mass is 10.2. The predicted octanol–water partition coefficient (Wildman–Crippen LogP) is 1.92. The average Bonchev–Trinajstić information content (AvgIpc) is 2.17. The molecule has 0 fully saturated rings. The van der Waals surface area contributed by atoms with E-state index in [2.05, 4.69) is 9.93 Å². The molecule has 0 bridgehead atoms. The van der Waals surface area contributed by atoms with E-state index in [1.165, 1.54) is 0 Å². The summed E-state index contributed by atoms with van der Waals surface area (Å²) in [6.45, 7) is 5.74. The van der Waals surface area contributed by atoms with Crippen LogP contribution in [0.5, 0.6) is 0 Å². The predicted molar refractivity (Wildman–Crippen MR) is 64.8 cm³/mol. The van der Waals surface area contributed by atoms with Crippen molar-refractivity contribution in [3.8, 4) is 0 Å². The molecule has 1 aromatic carbocycles. The molecule has 0 aliphatic heterocycles. The van der Waals surface area contributed by atoms with Gasteiger partial charge < -0.3 is 0 Å². The molecule has 0 saturated carbocycles. The minimum Gasteiger partial charge on any atom is -0.200 e. The largest absolute Gasteiger partial charge is 0.276 e. The van der Waals surface area contributed by atoms with Gasteiger partial charge in [-0.05, 0) is 25.0 Å². The Morgan fingerprint density at radius 1 is 1.25 bits per heavy atom. The van der Waals surface area contributed by atoms with Crippen molar-refractivity contribution < 1.29 is 8.42 Å². The molecule has 1 N–H and O–H groups in total. The zero-order valence-corrected chi connectivity index (χ0v) is 10.5. The first-order valence-electron chi connectivity index (χ1n) is 5.03. The number of rotatable bonds is 4. The van der Waals surface area contributed by atoms with Gasteiger partial charge in [0.25, 0.3) is 10.0 Å². The first-order valence-corrected chi connectivity index (χ1v) is 6.52. The maximum atomic E-state index is 11.7. The van der Waals surface area contributed by atoms with E-state index in [4.69, 9.17) is 0 Å². The number of nitrogens with one attached hydrogen (secondary N) is 1. The maximum absolute atomic E-state index is 11.7. The SMILES string of the molecule is Cc1ccc(S(=O)(=O)N/N=C/C(C)C)cc1. The normalized spacial score (nSPS) is 12.2. The standard InChI is InChI=1S/C11H16N2O2S/c1-9(2)8-12-13-16(14,15)11-6-4-10(3)5-7-11/h4-9,13H,1-3H3/b12-8+. The van der Waals surface area contributed by atoms with E-state index >= 15 is 0 Å². The van der Waals surface area contributed by atoms with Crippen molar-refractivity contribution in [1.82, 2.24) is 4.83 Å². The molecular formula is C11H16N2O2S. The van der Waals surface area contributed by atoms with E-state index in [0.717, 1.165) is 5.56 Å². The van der Waals surface area contributed by atoms with Gasteiger partial charge in [-0.1, -0.05) is 31.5 Å². The molecule has 0 spiro atoms. The molecule has 0 atom stereocenters. The number of aryl methyl sites for hydroxylation is 1. The number of hydrazone groups is 1. The summed E-state index contributed by atoms with van der Waals surface area (Å²) in [5, 5.41) is 3.68. The van der Waals surface area contributed by atoms with Gasteiger partial charge in [-0.3, -0.25) is 0 Å². The van der Waals surface area contributed by atoms with Crippen LogP contribution in [0.15, 0.2) is 34.3 Å². The minimum atomic E-state index is -3.52. The molecule has 0 aliphatic carbocycles. The first-order chi connectivity index (χ1) is 7.42. The Balaban J connectivity index is 2.82. The first kappa shape index (κ1) is 12.7. The van der Waals surface area contributed by atoms with Gasteiger partial charge in [0.1, 0.15) is 0 Å². The lowest BCUT2D eigenvalue weighted by molar-refractivity contribution is 0.584. The van der Waals surface area contributed by atoms with Crippen LogP contribution < -0.4 is 4.83 Å². The molecule has 0 amide bonds. The van der Waals surface area contributed by atoms with Gasteiger partial charge in [-0.2, -0.15) is 13.5 Å². The van der Waals surface area contributed by atoms with Crippen LogP contribution in [0.4, 0.5) is 0 Å². The lowest BCUT2D eigenvalue weighted by Crippen LogP contribution is -2.18. The van der Waals surface area contributed by atoms with Gasteiger partial charge >= 0.3 is 0 Å². The van der Waals surface area contributed by atoms with E-state index in [9.17, 15) is 8.42 Å². The third-order valence-corrected chi connectivity index (χ3v) is 3.12. The van der Waals surface area contributed by atoms with Crippen LogP contribution in [0.1, 0.15) is 19.4 Å². The second-order valence-electron chi connectivity index (χ2n) is 3.93. The van der Waals surface area contributed by atoms with Gasteiger partial charge in [0, 0.05) is 6.21 Å². The van der Waals surface area contributed by atoms with Crippen LogP contribution in [-0.2, 0) is 10.0 Å². The van der Waals surface area contributed by atoms with Gasteiger partial charge in [0.15, 0.2) is 0 Å². The molecule has 0 heterocycles. The quantitative estimate of drug-likeness (QED) is 0.645. The number of sulfonamides is 1. The second-order valence-corrected chi connectivity index (χ2v) is 5.59. The Morgan fingerprint density at radius 3 is 2.31 bits per heavy atom. The summed E-state index contributed by atoms with van der Waals surface area (Å²) >= 11 is 0. The number of hydrogen-bond donors (Lipinski definition) is 1. The Hall–Kier alpha value is -1.36. The highest BCUT2D eigenvalue weighted by atomic mass is 32.2. The van der Waals surface area contributed by atoms with Crippen molar-refractivity contribution in [2.24, 2.45) is 11.0 Å². The molecule has 4 nitrogen and oxygen atoms in total. The molecule has 0 unspecified atom stereocenters. The molecule has 5 heteroatoms. The third kappa shape index (κ3) is 3.66. The van der Waals surface area contributed by atoms with Gasteiger partial charge in [0.2, 0.25) is 0 Å². The Bertz CT molecular complexity index is 461. The maximum Gasteiger partial charge on any atom is 0.276 e. The van der Waals surface area contributed by atoms with Crippen molar-refractivity contribution in [2.45, 2.75) is 25.7 Å². The molecule has 0 saturated heterocycles. The minimum absolute atomic E-state index is 0.209. The molecule has 0 radical (unpaired) electrons. The monoisotopic (exact) mass is 240 g/mol. The van der Waals surface area contributed by atoms with Crippen LogP contribution in [0.2, 0.25) is 0 Å². The molecule has 16 heavy (non-hydrogen) atoms. The fourth-order valence-corrected chi connectivity index (χ4v) is 1.82. The molecule has 0 aliphatic rings. The highest BCUT2D eigenvalue weighted by Crippen LogP contribution is 2.09.